The van der Waals surface area contributed by atoms with Gasteiger partial charge in [-0.1, -0.05) is 19.3 Å². The fraction of sp³-hybridized carbons (Fsp3) is 1.00. The van der Waals surface area contributed by atoms with Crippen molar-refractivity contribution in [3.05, 3.63) is 0 Å². The Bertz CT molecular complexity index is 223. The molecule has 0 aromatic rings. The van der Waals surface area contributed by atoms with Crippen LogP contribution in [-0.4, -0.2) is 37.1 Å². The lowest BCUT2D eigenvalue weighted by Crippen LogP contribution is -2.35. The first-order valence-corrected chi connectivity index (χ1v) is 8.22. The van der Waals surface area contributed by atoms with Crippen molar-refractivity contribution in [3.8, 4) is 0 Å². The zero-order valence-electron chi connectivity index (χ0n) is 12.5. The van der Waals surface area contributed by atoms with Gasteiger partial charge in [0.05, 0.1) is 0 Å². The van der Waals surface area contributed by atoms with E-state index in [1.54, 1.807) is 0 Å². The van der Waals surface area contributed by atoms with Gasteiger partial charge in [0.15, 0.2) is 0 Å². The van der Waals surface area contributed by atoms with E-state index in [1.807, 2.05) is 0 Å². The third kappa shape index (κ3) is 3.96. The van der Waals surface area contributed by atoms with Gasteiger partial charge in [-0.3, -0.25) is 0 Å². The van der Waals surface area contributed by atoms with Gasteiger partial charge in [0, 0.05) is 12.1 Å². The topological polar surface area (TPSA) is 15.3 Å². The zero-order chi connectivity index (χ0) is 12.8. The third-order valence-electron chi connectivity index (χ3n) is 5.18. The molecule has 0 amide bonds. The van der Waals surface area contributed by atoms with Crippen LogP contribution in [-0.2, 0) is 0 Å². The summed E-state index contributed by atoms with van der Waals surface area (Å²) in [6.45, 7) is 5.03. The lowest BCUT2D eigenvalue weighted by molar-refractivity contribution is 0.187. The lowest BCUT2D eigenvalue weighted by Gasteiger charge is -2.29. The Morgan fingerprint density at radius 3 is 2.61 bits per heavy atom. The van der Waals surface area contributed by atoms with Gasteiger partial charge in [-0.15, -0.1) is 0 Å². The first-order valence-electron chi connectivity index (χ1n) is 8.22. The van der Waals surface area contributed by atoms with Crippen molar-refractivity contribution < 1.29 is 0 Å². The summed E-state index contributed by atoms with van der Waals surface area (Å²) < 4.78 is 0. The van der Waals surface area contributed by atoms with E-state index >= 15 is 0 Å². The molecular formula is C16H32N2. The summed E-state index contributed by atoms with van der Waals surface area (Å²) in [4.78, 5) is 2.82. The van der Waals surface area contributed by atoms with Crippen molar-refractivity contribution in [2.24, 2.45) is 5.92 Å². The molecule has 1 saturated heterocycles. The highest BCUT2D eigenvalue weighted by Crippen LogP contribution is 2.35. The number of hydrogen-bond donors (Lipinski definition) is 1. The van der Waals surface area contributed by atoms with Crippen molar-refractivity contribution in [3.63, 3.8) is 0 Å². The van der Waals surface area contributed by atoms with Gasteiger partial charge >= 0.3 is 0 Å². The highest BCUT2D eigenvalue weighted by atomic mass is 15.2. The van der Waals surface area contributed by atoms with Gasteiger partial charge in [-0.2, -0.15) is 0 Å². The molecule has 2 heteroatoms. The minimum atomic E-state index is 0.689. The molecule has 2 aliphatic rings. The molecule has 1 heterocycles. The summed E-state index contributed by atoms with van der Waals surface area (Å²) in [5, 5.41) is 3.33. The molecule has 2 fully saturated rings. The van der Waals surface area contributed by atoms with Crippen LogP contribution >= 0.6 is 0 Å². The van der Waals surface area contributed by atoms with Crippen LogP contribution in [0.5, 0.6) is 0 Å². The van der Waals surface area contributed by atoms with Crippen LogP contribution < -0.4 is 5.32 Å². The predicted octanol–water partition coefficient (Wildman–Crippen LogP) is 3.42. The standard InChI is InChI=1S/C16H32N2/c1-14(17-2)8-5-6-12-18-13-7-11-16(18)15-9-3-4-10-15/h14-17H,3-13H2,1-2H3. The molecule has 1 aliphatic heterocycles. The average Bonchev–Trinajstić information content (AvgIpc) is 3.04. The molecule has 0 aromatic heterocycles. The second-order valence-electron chi connectivity index (χ2n) is 6.48. The van der Waals surface area contributed by atoms with E-state index in [0.717, 1.165) is 12.0 Å². The quantitative estimate of drug-likeness (QED) is 0.698. The van der Waals surface area contributed by atoms with E-state index in [1.165, 1.54) is 70.9 Å². The highest BCUT2D eigenvalue weighted by Gasteiger charge is 2.32. The Morgan fingerprint density at radius 2 is 1.89 bits per heavy atom. The maximum atomic E-state index is 3.33. The second kappa shape index (κ2) is 7.49. The molecule has 0 radical (unpaired) electrons. The molecule has 1 aliphatic carbocycles. The van der Waals surface area contributed by atoms with Crippen LogP contribution in [0.3, 0.4) is 0 Å². The Morgan fingerprint density at radius 1 is 1.11 bits per heavy atom. The predicted molar refractivity (Wildman–Crippen MR) is 78.9 cm³/mol. The molecule has 1 N–H and O–H groups in total. The van der Waals surface area contributed by atoms with Crippen molar-refractivity contribution in [2.45, 2.75) is 76.8 Å². The summed E-state index contributed by atoms with van der Waals surface area (Å²) in [7, 11) is 2.07. The smallest absolute Gasteiger partial charge is 0.0124 e. The molecule has 2 rings (SSSR count). The number of hydrogen-bond acceptors (Lipinski definition) is 2. The van der Waals surface area contributed by atoms with Gasteiger partial charge in [0.1, 0.15) is 0 Å². The van der Waals surface area contributed by atoms with Crippen molar-refractivity contribution in [1.29, 1.82) is 0 Å². The fourth-order valence-corrected chi connectivity index (χ4v) is 3.92. The van der Waals surface area contributed by atoms with Gasteiger partial charge in [0.2, 0.25) is 0 Å². The number of rotatable bonds is 7. The van der Waals surface area contributed by atoms with Crippen molar-refractivity contribution in [1.82, 2.24) is 10.2 Å². The maximum absolute atomic E-state index is 3.33. The minimum Gasteiger partial charge on any atom is -0.317 e. The molecule has 2 atom stereocenters. The molecule has 0 spiro atoms. The van der Waals surface area contributed by atoms with E-state index < -0.39 is 0 Å². The van der Waals surface area contributed by atoms with Crippen molar-refractivity contribution in [2.75, 3.05) is 20.1 Å². The Labute approximate surface area is 114 Å². The summed E-state index contributed by atoms with van der Waals surface area (Å²) in [6.07, 6.45) is 13.1. The Balaban J connectivity index is 1.65. The number of likely N-dealkylation sites (tertiary alicyclic amines) is 1. The largest absolute Gasteiger partial charge is 0.317 e. The van der Waals surface area contributed by atoms with Gasteiger partial charge in [-0.05, 0) is 71.5 Å². The minimum absolute atomic E-state index is 0.689. The third-order valence-corrected chi connectivity index (χ3v) is 5.18. The summed E-state index contributed by atoms with van der Waals surface area (Å²) in [5.41, 5.74) is 0. The van der Waals surface area contributed by atoms with Crippen LogP contribution in [0.1, 0.15) is 64.7 Å². The molecule has 0 aromatic carbocycles. The van der Waals surface area contributed by atoms with E-state index in [2.05, 4.69) is 24.2 Å². The fourth-order valence-electron chi connectivity index (χ4n) is 3.92. The Kier molecular flexibility index (Phi) is 5.97. The van der Waals surface area contributed by atoms with E-state index in [0.29, 0.717) is 6.04 Å². The molecule has 0 bridgehead atoms. The van der Waals surface area contributed by atoms with Gasteiger partial charge in [-0.25, -0.2) is 0 Å². The molecular weight excluding hydrogens is 220 g/mol. The number of nitrogens with one attached hydrogen (secondary N) is 1. The lowest BCUT2D eigenvalue weighted by atomic mass is 9.96. The summed E-state index contributed by atoms with van der Waals surface area (Å²) >= 11 is 0. The maximum Gasteiger partial charge on any atom is 0.0124 e. The van der Waals surface area contributed by atoms with E-state index in [-0.39, 0.29) is 0 Å². The second-order valence-corrected chi connectivity index (χ2v) is 6.48. The van der Waals surface area contributed by atoms with E-state index in [4.69, 9.17) is 0 Å². The first kappa shape index (κ1) is 14.3. The number of nitrogens with zero attached hydrogens (tertiary/aromatic N) is 1. The average molecular weight is 252 g/mol. The summed E-state index contributed by atoms with van der Waals surface area (Å²) in [6, 6.07) is 1.64. The van der Waals surface area contributed by atoms with Gasteiger partial charge in [0.25, 0.3) is 0 Å². The summed E-state index contributed by atoms with van der Waals surface area (Å²) in [5.74, 6) is 1.05. The molecule has 18 heavy (non-hydrogen) atoms. The van der Waals surface area contributed by atoms with Crippen molar-refractivity contribution >= 4 is 0 Å². The first-order chi connectivity index (χ1) is 8.81. The van der Waals surface area contributed by atoms with Crippen LogP contribution in [0.2, 0.25) is 0 Å². The SMILES string of the molecule is CNC(C)CCCCN1CCCC1C1CCCC1. The molecule has 106 valence electrons. The monoisotopic (exact) mass is 252 g/mol. The van der Waals surface area contributed by atoms with Crippen LogP contribution in [0.15, 0.2) is 0 Å². The van der Waals surface area contributed by atoms with Gasteiger partial charge < -0.3 is 10.2 Å². The molecule has 2 nitrogen and oxygen atoms in total. The Hall–Kier alpha value is -0.0800. The molecule has 1 saturated carbocycles. The van der Waals surface area contributed by atoms with Crippen LogP contribution in [0.4, 0.5) is 0 Å². The van der Waals surface area contributed by atoms with Crippen LogP contribution in [0, 0.1) is 5.92 Å². The number of unbranched alkanes of at least 4 members (excludes halogenated alkanes) is 1. The molecule has 2 unspecified atom stereocenters. The highest BCUT2D eigenvalue weighted by molar-refractivity contribution is 4.87. The zero-order valence-corrected chi connectivity index (χ0v) is 12.5. The van der Waals surface area contributed by atoms with Crippen LogP contribution in [0.25, 0.3) is 0 Å². The normalized spacial score (nSPS) is 28.0. The van der Waals surface area contributed by atoms with E-state index in [9.17, 15) is 0 Å².